The Bertz CT molecular complexity index is 89.3. The zero-order chi connectivity index (χ0) is 7.66. The fraction of sp³-hybridized carbons (Fsp3) is 0.500. The van der Waals surface area contributed by atoms with Gasteiger partial charge in [0.1, 0.15) is 12.8 Å². The third-order valence-electron chi connectivity index (χ3n) is 0.731. The number of rotatable bonds is 7. The lowest BCUT2D eigenvalue weighted by molar-refractivity contribution is 0.598. The molecule has 4 nitrogen and oxygen atoms in total. The van der Waals surface area contributed by atoms with Crippen molar-refractivity contribution in [1.29, 1.82) is 10.8 Å². The molecule has 0 aliphatic rings. The molecule has 0 aliphatic heterocycles. The van der Waals surface area contributed by atoms with Crippen LogP contribution in [0.3, 0.4) is 0 Å². The standard InChI is InChI=1S/C4H8B2N2O2/c7-3-9-5-1-2-6-10-4-8/h3-4,7-8H,1-2H2. The Morgan fingerprint density at radius 3 is 1.70 bits per heavy atom. The normalized spacial score (nSPS) is 7.60. The molecule has 0 amide bonds. The van der Waals surface area contributed by atoms with Crippen molar-refractivity contribution in [2.45, 2.75) is 12.6 Å². The monoisotopic (exact) mass is 138 g/mol. The largest absolute Gasteiger partial charge is 0.556 e. The lowest BCUT2D eigenvalue weighted by atomic mass is 9.81. The van der Waals surface area contributed by atoms with E-state index in [-0.39, 0.29) is 0 Å². The van der Waals surface area contributed by atoms with Crippen LogP contribution in [0.2, 0.25) is 12.6 Å². The van der Waals surface area contributed by atoms with E-state index >= 15 is 0 Å². The van der Waals surface area contributed by atoms with E-state index in [0.29, 0.717) is 12.6 Å². The van der Waals surface area contributed by atoms with Crippen molar-refractivity contribution in [2.75, 3.05) is 0 Å². The van der Waals surface area contributed by atoms with Gasteiger partial charge in [0.25, 0.3) is 0 Å². The molecular formula is C4H8B2N2O2. The summed E-state index contributed by atoms with van der Waals surface area (Å²) in [6.07, 6.45) is 3.08. The third kappa shape index (κ3) is 7.07. The van der Waals surface area contributed by atoms with Crippen molar-refractivity contribution >= 4 is 27.8 Å². The highest BCUT2D eigenvalue weighted by Crippen LogP contribution is 1.87. The number of hydrogen-bond donors (Lipinski definition) is 2. The number of hydrogen-bond acceptors (Lipinski definition) is 4. The molecule has 2 radical (unpaired) electrons. The fourth-order valence-electron chi connectivity index (χ4n) is 0.368. The summed E-state index contributed by atoms with van der Waals surface area (Å²) in [5, 5.41) is 12.9. The summed E-state index contributed by atoms with van der Waals surface area (Å²) in [7, 11) is 2.99. The highest BCUT2D eigenvalue weighted by Gasteiger charge is 1.94. The Balaban J connectivity index is 2.76. The van der Waals surface area contributed by atoms with Crippen LogP contribution in [-0.2, 0) is 9.31 Å². The van der Waals surface area contributed by atoms with Gasteiger partial charge >= 0.3 is 15.0 Å². The first-order valence-corrected chi connectivity index (χ1v) is 2.84. The van der Waals surface area contributed by atoms with E-state index in [4.69, 9.17) is 10.8 Å². The second-order valence-electron chi connectivity index (χ2n) is 1.42. The molecule has 0 aliphatic carbocycles. The maximum absolute atomic E-state index is 6.46. The lowest BCUT2D eigenvalue weighted by Gasteiger charge is -1.94. The van der Waals surface area contributed by atoms with Gasteiger partial charge in [-0.15, -0.1) is 0 Å². The van der Waals surface area contributed by atoms with Crippen LogP contribution in [-0.4, -0.2) is 27.8 Å². The Kier molecular flexibility index (Phi) is 7.32. The fourth-order valence-corrected chi connectivity index (χ4v) is 0.368. The van der Waals surface area contributed by atoms with Crippen LogP contribution in [0.25, 0.3) is 0 Å². The maximum Gasteiger partial charge on any atom is 0.370 e. The Labute approximate surface area is 61.5 Å². The zero-order valence-corrected chi connectivity index (χ0v) is 5.54. The van der Waals surface area contributed by atoms with E-state index in [0.717, 1.165) is 12.8 Å². The van der Waals surface area contributed by atoms with Gasteiger partial charge in [0.05, 0.1) is 0 Å². The minimum Gasteiger partial charge on any atom is -0.556 e. The molecule has 0 saturated carbocycles. The summed E-state index contributed by atoms with van der Waals surface area (Å²) < 4.78 is 9.00. The summed E-state index contributed by atoms with van der Waals surface area (Å²) in [5.74, 6) is 0. The molecule has 2 N–H and O–H groups in total. The van der Waals surface area contributed by atoms with Crippen molar-refractivity contribution in [3.63, 3.8) is 0 Å². The third-order valence-corrected chi connectivity index (χ3v) is 0.731. The predicted molar refractivity (Wildman–Crippen MR) is 40.9 cm³/mol. The van der Waals surface area contributed by atoms with Gasteiger partial charge in [-0.2, -0.15) is 0 Å². The van der Waals surface area contributed by atoms with Gasteiger partial charge < -0.3 is 9.31 Å². The van der Waals surface area contributed by atoms with Crippen LogP contribution in [0.1, 0.15) is 0 Å². The van der Waals surface area contributed by atoms with E-state index in [1.807, 2.05) is 0 Å². The van der Waals surface area contributed by atoms with Gasteiger partial charge in [-0.1, -0.05) is 0 Å². The van der Waals surface area contributed by atoms with Crippen LogP contribution in [0.5, 0.6) is 0 Å². The van der Waals surface area contributed by atoms with Crippen molar-refractivity contribution in [2.24, 2.45) is 0 Å². The zero-order valence-electron chi connectivity index (χ0n) is 5.54. The molecule has 10 heavy (non-hydrogen) atoms. The molecule has 0 unspecified atom stereocenters. The molecule has 6 heteroatoms. The van der Waals surface area contributed by atoms with E-state index in [1.54, 1.807) is 0 Å². The first kappa shape index (κ1) is 9.07. The van der Waals surface area contributed by atoms with Crippen LogP contribution in [0, 0.1) is 10.8 Å². The predicted octanol–water partition coefficient (Wildman–Crippen LogP) is 0.309. The van der Waals surface area contributed by atoms with Crippen LogP contribution >= 0.6 is 0 Å². The smallest absolute Gasteiger partial charge is 0.370 e. The molecule has 52 valence electrons. The summed E-state index contributed by atoms with van der Waals surface area (Å²) >= 11 is 0. The number of nitrogens with one attached hydrogen (secondary N) is 2. The average Bonchev–Trinajstić information content (AvgIpc) is 1.97. The minimum atomic E-state index is 0.684. The topological polar surface area (TPSA) is 66.2 Å². The van der Waals surface area contributed by atoms with Crippen molar-refractivity contribution in [3.05, 3.63) is 0 Å². The summed E-state index contributed by atoms with van der Waals surface area (Å²) in [6, 6.07) is 0. The van der Waals surface area contributed by atoms with Gasteiger partial charge in [-0.25, -0.2) is 0 Å². The van der Waals surface area contributed by atoms with Crippen LogP contribution in [0.15, 0.2) is 0 Å². The molecule has 0 aromatic heterocycles. The van der Waals surface area contributed by atoms with Gasteiger partial charge in [0, 0.05) is 0 Å². The Morgan fingerprint density at radius 2 is 1.40 bits per heavy atom. The van der Waals surface area contributed by atoms with Gasteiger partial charge in [-0.05, 0) is 12.6 Å². The highest BCUT2D eigenvalue weighted by molar-refractivity contribution is 6.36. The second-order valence-corrected chi connectivity index (χ2v) is 1.42. The average molecular weight is 138 g/mol. The highest BCUT2D eigenvalue weighted by atomic mass is 16.4. The van der Waals surface area contributed by atoms with Crippen molar-refractivity contribution < 1.29 is 9.31 Å². The van der Waals surface area contributed by atoms with E-state index in [1.165, 1.54) is 15.0 Å². The van der Waals surface area contributed by atoms with E-state index < -0.39 is 0 Å². The van der Waals surface area contributed by atoms with Crippen molar-refractivity contribution in [3.8, 4) is 0 Å². The molecule has 0 heterocycles. The Morgan fingerprint density at radius 1 is 1.00 bits per heavy atom. The molecule has 0 aromatic carbocycles. The molecule has 0 saturated heterocycles. The molecule has 0 aromatic rings. The summed E-state index contributed by atoms with van der Waals surface area (Å²) in [4.78, 5) is 0. The van der Waals surface area contributed by atoms with Gasteiger partial charge in [-0.3, -0.25) is 10.8 Å². The Hall–Kier alpha value is -0.930. The van der Waals surface area contributed by atoms with Crippen molar-refractivity contribution in [1.82, 2.24) is 0 Å². The summed E-state index contributed by atoms with van der Waals surface area (Å²) in [5.41, 5.74) is 0. The summed E-state index contributed by atoms with van der Waals surface area (Å²) in [6.45, 7) is 0. The van der Waals surface area contributed by atoms with Crippen LogP contribution < -0.4 is 0 Å². The second kappa shape index (κ2) is 8.07. The molecule has 0 atom stereocenters. The van der Waals surface area contributed by atoms with Gasteiger partial charge in [0.2, 0.25) is 0 Å². The quantitative estimate of drug-likeness (QED) is 0.230. The van der Waals surface area contributed by atoms with E-state index in [2.05, 4.69) is 9.31 Å². The lowest BCUT2D eigenvalue weighted by Crippen LogP contribution is -2.00. The molecule has 0 spiro atoms. The molecular weight excluding hydrogens is 130 g/mol. The molecule has 0 bridgehead atoms. The minimum absolute atomic E-state index is 0.684. The first-order valence-electron chi connectivity index (χ1n) is 2.84. The molecule has 0 rings (SSSR count). The SMILES string of the molecule is N=CO[B]CC[B]OC=N. The first-order chi connectivity index (χ1) is 4.91. The van der Waals surface area contributed by atoms with Gasteiger partial charge in [0.15, 0.2) is 0 Å². The maximum atomic E-state index is 6.46. The molecule has 0 fully saturated rings. The van der Waals surface area contributed by atoms with E-state index in [9.17, 15) is 0 Å². The van der Waals surface area contributed by atoms with Crippen LogP contribution in [0.4, 0.5) is 0 Å².